The Bertz CT molecular complexity index is 452. The summed E-state index contributed by atoms with van der Waals surface area (Å²) >= 11 is 0. The Hall–Kier alpha value is -1.55. The molecule has 0 aliphatic rings. The van der Waals surface area contributed by atoms with Crippen LogP contribution < -0.4 is 10.5 Å². The lowest BCUT2D eigenvalue weighted by atomic mass is 9.86. The van der Waals surface area contributed by atoms with Crippen molar-refractivity contribution in [2.24, 2.45) is 11.1 Å². The number of nitrogens with zero attached hydrogens (tertiary/aromatic N) is 1. The Morgan fingerprint density at radius 1 is 1.35 bits per heavy atom. The standard InChI is InChI=1S/C16H26N2O2/c1-12-8-6-7-9-13(12)20-11-10-18(5)15(19)14(17)16(2,3)4/h6-9,14H,10-11,17H2,1-5H3/t14-/m0/s1. The fraction of sp³-hybridized carbons (Fsp3) is 0.562. The van der Waals surface area contributed by atoms with Crippen LogP contribution in [0.3, 0.4) is 0 Å². The third-order valence-corrected chi connectivity index (χ3v) is 3.35. The maximum Gasteiger partial charge on any atom is 0.239 e. The van der Waals surface area contributed by atoms with E-state index in [1.165, 1.54) is 0 Å². The van der Waals surface area contributed by atoms with Crippen LogP contribution in [0.15, 0.2) is 24.3 Å². The maximum atomic E-state index is 12.1. The average molecular weight is 278 g/mol. The summed E-state index contributed by atoms with van der Waals surface area (Å²) in [5.74, 6) is 0.805. The molecule has 0 fully saturated rings. The molecular weight excluding hydrogens is 252 g/mol. The molecule has 1 aromatic carbocycles. The van der Waals surface area contributed by atoms with Gasteiger partial charge in [0.15, 0.2) is 0 Å². The van der Waals surface area contributed by atoms with Gasteiger partial charge in [0.05, 0.1) is 12.6 Å². The van der Waals surface area contributed by atoms with E-state index >= 15 is 0 Å². The summed E-state index contributed by atoms with van der Waals surface area (Å²) in [6, 6.07) is 7.34. The van der Waals surface area contributed by atoms with Crippen molar-refractivity contribution in [1.29, 1.82) is 0 Å². The normalized spacial score (nSPS) is 12.9. The highest BCUT2D eigenvalue weighted by Crippen LogP contribution is 2.19. The van der Waals surface area contributed by atoms with E-state index in [1.807, 2.05) is 52.0 Å². The highest BCUT2D eigenvalue weighted by Gasteiger charge is 2.29. The lowest BCUT2D eigenvalue weighted by Crippen LogP contribution is -2.49. The van der Waals surface area contributed by atoms with Crippen molar-refractivity contribution in [1.82, 2.24) is 4.90 Å². The summed E-state index contributed by atoms with van der Waals surface area (Å²) < 4.78 is 5.69. The second kappa shape index (κ2) is 6.75. The minimum Gasteiger partial charge on any atom is -0.491 e. The number of nitrogens with two attached hydrogens (primary N) is 1. The Kier molecular flexibility index (Phi) is 5.57. The Morgan fingerprint density at radius 2 is 1.95 bits per heavy atom. The van der Waals surface area contributed by atoms with Crippen LogP contribution in [-0.4, -0.2) is 37.0 Å². The van der Waals surface area contributed by atoms with Crippen LogP contribution in [-0.2, 0) is 4.79 Å². The van der Waals surface area contributed by atoms with Crippen molar-refractivity contribution in [3.05, 3.63) is 29.8 Å². The summed E-state index contributed by atoms with van der Waals surface area (Å²) in [6.45, 7) is 8.88. The van der Waals surface area contributed by atoms with E-state index < -0.39 is 6.04 Å². The molecule has 2 N–H and O–H groups in total. The summed E-state index contributed by atoms with van der Waals surface area (Å²) in [4.78, 5) is 13.8. The number of likely N-dealkylation sites (N-methyl/N-ethyl adjacent to an activating group) is 1. The number of benzene rings is 1. The van der Waals surface area contributed by atoms with E-state index in [1.54, 1.807) is 11.9 Å². The van der Waals surface area contributed by atoms with Crippen LogP contribution in [0.4, 0.5) is 0 Å². The molecule has 0 saturated heterocycles. The van der Waals surface area contributed by atoms with Gasteiger partial charge in [-0.2, -0.15) is 0 Å². The molecule has 0 saturated carbocycles. The number of carbonyl (C=O) groups excluding carboxylic acids is 1. The first-order chi connectivity index (χ1) is 9.23. The predicted molar refractivity (Wildman–Crippen MR) is 81.7 cm³/mol. The second-order valence-corrected chi connectivity index (χ2v) is 6.22. The van der Waals surface area contributed by atoms with Crippen LogP contribution in [0.25, 0.3) is 0 Å². The molecule has 0 spiro atoms. The van der Waals surface area contributed by atoms with Crippen molar-refractivity contribution >= 4 is 5.91 Å². The molecule has 0 aromatic heterocycles. The van der Waals surface area contributed by atoms with Gasteiger partial charge in [0.1, 0.15) is 12.4 Å². The minimum atomic E-state index is -0.494. The van der Waals surface area contributed by atoms with E-state index in [4.69, 9.17) is 10.5 Å². The number of hydrogen-bond acceptors (Lipinski definition) is 3. The van der Waals surface area contributed by atoms with Crippen LogP contribution >= 0.6 is 0 Å². The molecule has 4 heteroatoms. The summed E-state index contributed by atoms with van der Waals surface area (Å²) in [5.41, 5.74) is 6.83. The fourth-order valence-electron chi connectivity index (χ4n) is 1.73. The number of hydrogen-bond donors (Lipinski definition) is 1. The van der Waals surface area contributed by atoms with Gasteiger partial charge in [-0.1, -0.05) is 39.0 Å². The van der Waals surface area contributed by atoms with E-state index in [0.717, 1.165) is 11.3 Å². The van der Waals surface area contributed by atoms with Crippen LogP contribution in [0.1, 0.15) is 26.3 Å². The van der Waals surface area contributed by atoms with E-state index in [0.29, 0.717) is 13.2 Å². The molecule has 0 radical (unpaired) electrons. The van der Waals surface area contributed by atoms with E-state index in [9.17, 15) is 4.79 Å². The molecule has 4 nitrogen and oxygen atoms in total. The second-order valence-electron chi connectivity index (χ2n) is 6.22. The van der Waals surface area contributed by atoms with E-state index in [2.05, 4.69) is 0 Å². The summed E-state index contributed by atoms with van der Waals surface area (Å²) in [6.07, 6.45) is 0. The number of amides is 1. The molecule has 1 aromatic rings. The zero-order valence-corrected chi connectivity index (χ0v) is 13.1. The quantitative estimate of drug-likeness (QED) is 0.898. The van der Waals surface area contributed by atoms with Gasteiger partial charge in [-0.25, -0.2) is 0 Å². The number of carbonyl (C=O) groups is 1. The lowest BCUT2D eigenvalue weighted by Gasteiger charge is -2.30. The largest absolute Gasteiger partial charge is 0.491 e. The maximum absolute atomic E-state index is 12.1. The van der Waals surface area contributed by atoms with Crippen molar-refractivity contribution in [2.75, 3.05) is 20.2 Å². The molecule has 0 bridgehead atoms. The molecule has 1 amide bonds. The summed E-state index contributed by atoms with van der Waals surface area (Å²) in [7, 11) is 1.76. The Balaban J connectivity index is 2.46. The van der Waals surface area contributed by atoms with Crippen LogP contribution in [0.2, 0.25) is 0 Å². The molecule has 0 unspecified atom stereocenters. The van der Waals surface area contributed by atoms with Gasteiger partial charge >= 0.3 is 0 Å². The fourth-order valence-corrected chi connectivity index (χ4v) is 1.73. The Labute approximate surface area is 121 Å². The first kappa shape index (κ1) is 16.5. The smallest absolute Gasteiger partial charge is 0.239 e. The highest BCUT2D eigenvalue weighted by molar-refractivity contribution is 5.82. The minimum absolute atomic E-state index is 0.0501. The number of aryl methyl sites for hydroxylation is 1. The van der Waals surface area contributed by atoms with Gasteiger partial charge in [0.2, 0.25) is 5.91 Å². The number of rotatable bonds is 5. The molecule has 0 aliphatic carbocycles. The zero-order valence-electron chi connectivity index (χ0n) is 13.1. The first-order valence-corrected chi connectivity index (χ1v) is 6.92. The number of ether oxygens (including phenoxy) is 1. The van der Waals surface area contributed by atoms with Gasteiger partial charge in [-0.15, -0.1) is 0 Å². The first-order valence-electron chi connectivity index (χ1n) is 6.92. The van der Waals surface area contributed by atoms with Gasteiger partial charge in [0.25, 0.3) is 0 Å². The third-order valence-electron chi connectivity index (χ3n) is 3.35. The zero-order chi connectivity index (χ0) is 15.3. The molecule has 0 heterocycles. The topological polar surface area (TPSA) is 55.6 Å². The molecule has 20 heavy (non-hydrogen) atoms. The summed E-state index contributed by atoms with van der Waals surface area (Å²) in [5, 5.41) is 0. The molecular formula is C16H26N2O2. The SMILES string of the molecule is Cc1ccccc1OCCN(C)C(=O)[C@H](N)C(C)(C)C. The van der Waals surface area contributed by atoms with Gasteiger partial charge < -0.3 is 15.4 Å². The third kappa shape index (κ3) is 4.53. The van der Waals surface area contributed by atoms with Crippen molar-refractivity contribution in [2.45, 2.75) is 33.7 Å². The van der Waals surface area contributed by atoms with Gasteiger partial charge in [-0.3, -0.25) is 4.79 Å². The van der Waals surface area contributed by atoms with Gasteiger partial charge in [-0.05, 0) is 24.0 Å². The average Bonchev–Trinajstić information content (AvgIpc) is 2.38. The van der Waals surface area contributed by atoms with Gasteiger partial charge in [0, 0.05) is 7.05 Å². The molecule has 1 atom stereocenters. The lowest BCUT2D eigenvalue weighted by molar-refractivity contribution is -0.133. The van der Waals surface area contributed by atoms with Crippen molar-refractivity contribution < 1.29 is 9.53 Å². The Morgan fingerprint density at radius 3 is 2.50 bits per heavy atom. The predicted octanol–water partition coefficient (Wildman–Crippen LogP) is 2.21. The highest BCUT2D eigenvalue weighted by atomic mass is 16.5. The van der Waals surface area contributed by atoms with E-state index in [-0.39, 0.29) is 11.3 Å². The number of para-hydroxylation sites is 1. The van der Waals surface area contributed by atoms with Crippen molar-refractivity contribution in [3.8, 4) is 5.75 Å². The van der Waals surface area contributed by atoms with Crippen molar-refractivity contribution in [3.63, 3.8) is 0 Å². The molecule has 112 valence electrons. The van der Waals surface area contributed by atoms with Crippen LogP contribution in [0, 0.1) is 12.3 Å². The molecule has 0 aliphatic heterocycles. The molecule has 1 rings (SSSR count). The van der Waals surface area contributed by atoms with Crippen LogP contribution in [0.5, 0.6) is 5.75 Å². The monoisotopic (exact) mass is 278 g/mol.